The van der Waals surface area contributed by atoms with Gasteiger partial charge in [-0.1, -0.05) is 0 Å². The van der Waals surface area contributed by atoms with Crippen molar-refractivity contribution in [1.29, 1.82) is 0 Å². The third-order valence-corrected chi connectivity index (χ3v) is 4.25. The molecule has 3 aromatic rings. The van der Waals surface area contributed by atoms with Crippen LogP contribution in [0.2, 0.25) is 0 Å². The molecule has 1 aromatic heterocycles. The van der Waals surface area contributed by atoms with Gasteiger partial charge >= 0.3 is 116 Å². The van der Waals surface area contributed by atoms with E-state index in [1.165, 1.54) is 10.8 Å². The fourth-order valence-corrected chi connectivity index (χ4v) is 2.65. The van der Waals surface area contributed by atoms with Crippen LogP contribution in [0.25, 0.3) is 22.0 Å². The van der Waals surface area contributed by atoms with E-state index in [0.717, 1.165) is 41.1 Å². The third-order valence-electron chi connectivity index (χ3n) is 2.79. The fraction of sp³-hybridized carbons (Fsp3) is 0.0769. The summed E-state index contributed by atoms with van der Waals surface area (Å²) in [5, 5.41) is 10.9. The van der Waals surface area contributed by atoms with E-state index in [-0.39, 0.29) is 0 Å². The SMILES string of the molecule is [Tl][CH2]n1cc(-c2cccc3ccccc23)nn1. The van der Waals surface area contributed by atoms with Gasteiger partial charge in [-0.05, 0) is 0 Å². The molecule has 0 aliphatic carbocycles. The summed E-state index contributed by atoms with van der Waals surface area (Å²) in [5.74, 6) is 0. The van der Waals surface area contributed by atoms with E-state index in [1.54, 1.807) is 0 Å². The first kappa shape index (κ1) is 10.9. The first-order chi connectivity index (χ1) is 8.38. The molecule has 4 heteroatoms. The number of hydrogen-bond acceptors (Lipinski definition) is 2. The quantitative estimate of drug-likeness (QED) is 0.605. The van der Waals surface area contributed by atoms with Crippen LogP contribution < -0.4 is 0 Å². The van der Waals surface area contributed by atoms with Gasteiger partial charge in [0.05, 0.1) is 0 Å². The normalized spacial score (nSPS) is 10.8. The molecular weight excluding hydrogens is 403 g/mol. The number of rotatable bonds is 2. The van der Waals surface area contributed by atoms with Crippen molar-refractivity contribution in [2.75, 3.05) is 0 Å². The van der Waals surface area contributed by atoms with Gasteiger partial charge in [0.25, 0.3) is 0 Å². The molecule has 0 spiro atoms. The van der Waals surface area contributed by atoms with Crippen molar-refractivity contribution in [3.8, 4) is 11.3 Å². The summed E-state index contributed by atoms with van der Waals surface area (Å²) in [6, 6.07) is 14.7. The molecule has 0 aliphatic rings. The van der Waals surface area contributed by atoms with Crippen molar-refractivity contribution in [3.63, 3.8) is 0 Å². The number of fused-ring (bicyclic) bond motifs is 1. The van der Waals surface area contributed by atoms with Gasteiger partial charge in [-0.25, -0.2) is 0 Å². The van der Waals surface area contributed by atoms with Gasteiger partial charge < -0.3 is 0 Å². The number of nitrogens with zero attached hydrogens (tertiary/aromatic N) is 3. The number of benzene rings is 2. The first-order valence-corrected chi connectivity index (χ1v) is 8.64. The monoisotopic (exact) mass is 413 g/mol. The molecule has 0 radical (unpaired) electrons. The molecule has 3 nitrogen and oxygen atoms in total. The van der Waals surface area contributed by atoms with Crippen LogP contribution >= 0.6 is 0 Å². The van der Waals surface area contributed by atoms with Gasteiger partial charge in [-0.3, -0.25) is 0 Å². The van der Waals surface area contributed by atoms with Gasteiger partial charge in [0, 0.05) is 0 Å². The van der Waals surface area contributed by atoms with Crippen LogP contribution in [-0.2, 0) is 4.10 Å². The molecule has 0 N–H and O–H groups in total. The molecule has 0 amide bonds. The summed E-state index contributed by atoms with van der Waals surface area (Å²) in [6.45, 7) is 0. The van der Waals surface area contributed by atoms with Crippen LogP contribution in [0.3, 0.4) is 0 Å². The van der Waals surface area contributed by atoms with Crippen molar-refractivity contribution in [2.45, 2.75) is 4.10 Å². The van der Waals surface area contributed by atoms with E-state index in [1.807, 2.05) is 10.9 Å². The van der Waals surface area contributed by atoms with E-state index in [0.29, 0.717) is 0 Å². The predicted molar refractivity (Wildman–Crippen MR) is 68.7 cm³/mol. The summed E-state index contributed by atoms with van der Waals surface area (Å²) in [7, 11) is 0. The average Bonchev–Trinajstić information content (AvgIpc) is 2.87. The zero-order valence-corrected chi connectivity index (χ0v) is 13.7. The van der Waals surface area contributed by atoms with Crippen LogP contribution in [0.5, 0.6) is 0 Å². The van der Waals surface area contributed by atoms with Gasteiger partial charge in [-0.2, -0.15) is 0 Å². The van der Waals surface area contributed by atoms with E-state index < -0.39 is 0 Å². The molecule has 0 fully saturated rings. The van der Waals surface area contributed by atoms with E-state index >= 15 is 0 Å². The van der Waals surface area contributed by atoms with Crippen molar-refractivity contribution in [3.05, 3.63) is 48.7 Å². The maximum absolute atomic E-state index is 4.25. The average molecular weight is 413 g/mol. The molecule has 0 saturated heterocycles. The Balaban J connectivity index is 2.23. The Morgan fingerprint density at radius 1 is 1.06 bits per heavy atom. The Morgan fingerprint density at radius 2 is 1.88 bits per heavy atom. The molecule has 17 heavy (non-hydrogen) atoms. The molecule has 80 valence electrons. The summed E-state index contributed by atoms with van der Waals surface area (Å²) in [4.78, 5) is 0. The first-order valence-electron chi connectivity index (χ1n) is 5.47. The predicted octanol–water partition coefficient (Wildman–Crippen LogP) is 2.22. The maximum atomic E-state index is 4.25. The molecule has 3 rings (SSSR count). The summed E-state index contributed by atoms with van der Waals surface area (Å²) >= 11 is 0.905. The second kappa shape index (κ2) is 4.56. The number of hydrogen-bond donors (Lipinski definition) is 0. The fourth-order valence-electron chi connectivity index (χ4n) is 1.96. The van der Waals surface area contributed by atoms with Gasteiger partial charge in [0.15, 0.2) is 0 Å². The van der Waals surface area contributed by atoms with Crippen molar-refractivity contribution >= 4 is 36.5 Å². The van der Waals surface area contributed by atoms with E-state index in [4.69, 9.17) is 0 Å². The van der Waals surface area contributed by atoms with Gasteiger partial charge in [0.1, 0.15) is 0 Å². The Morgan fingerprint density at radius 3 is 2.71 bits per heavy atom. The van der Waals surface area contributed by atoms with Crippen LogP contribution in [0.4, 0.5) is 0 Å². The second-order valence-corrected chi connectivity index (χ2v) is 5.27. The molecule has 1 heterocycles. The standard InChI is InChI=1S/C13H10N3.Tl/c1-16-9-13(14-15-16)12-8-4-6-10-5-2-3-7-11(10)12;/h2-9H,1H2;. The summed E-state index contributed by atoms with van der Waals surface area (Å²) < 4.78 is 2.93. The molecule has 0 saturated carbocycles. The summed E-state index contributed by atoms with van der Waals surface area (Å²) in [5.41, 5.74) is 2.12. The van der Waals surface area contributed by atoms with Crippen LogP contribution in [0.1, 0.15) is 0 Å². The zero-order valence-electron chi connectivity index (χ0n) is 9.24. The molecule has 0 unspecified atom stereocenters. The molecular formula is C13H10N3Tl. The van der Waals surface area contributed by atoms with Crippen LogP contribution in [0.15, 0.2) is 48.7 Å². The van der Waals surface area contributed by atoms with Crippen molar-refractivity contribution < 1.29 is 0 Å². The topological polar surface area (TPSA) is 30.7 Å². The molecule has 0 bridgehead atoms. The molecule has 2 aromatic carbocycles. The Hall–Kier alpha value is -1.24. The van der Waals surface area contributed by atoms with Crippen LogP contribution in [0, 0.1) is 0 Å². The van der Waals surface area contributed by atoms with Crippen molar-refractivity contribution in [1.82, 2.24) is 15.0 Å². The molecule has 0 aliphatic heterocycles. The minimum absolute atomic E-state index is 0.905. The summed E-state index contributed by atoms with van der Waals surface area (Å²) in [6.07, 6.45) is 2.03. The second-order valence-electron chi connectivity index (χ2n) is 3.85. The zero-order chi connectivity index (χ0) is 11.7. The van der Waals surface area contributed by atoms with E-state index in [2.05, 4.69) is 52.8 Å². The van der Waals surface area contributed by atoms with Crippen molar-refractivity contribution in [2.24, 2.45) is 0 Å². The van der Waals surface area contributed by atoms with Gasteiger partial charge in [0.2, 0.25) is 0 Å². The van der Waals surface area contributed by atoms with Crippen LogP contribution in [-0.4, -0.2) is 40.8 Å². The Labute approximate surface area is 115 Å². The van der Waals surface area contributed by atoms with Gasteiger partial charge in [-0.15, -0.1) is 0 Å². The minimum atomic E-state index is 0.905. The third kappa shape index (κ3) is 1.99. The Bertz CT molecular complexity index is 655. The van der Waals surface area contributed by atoms with E-state index in [9.17, 15) is 0 Å². The number of aromatic nitrogens is 3. The Kier molecular flexibility index (Phi) is 2.92. The molecule has 0 atom stereocenters.